The average Bonchev–Trinajstić information content (AvgIpc) is 3.12. The molecule has 28 heavy (non-hydrogen) atoms. The van der Waals surface area contributed by atoms with E-state index in [0.29, 0.717) is 11.4 Å². The van der Waals surface area contributed by atoms with Gasteiger partial charge < -0.3 is 5.32 Å². The largest absolute Gasteiger partial charge is 0.344 e. The van der Waals surface area contributed by atoms with Crippen LogP contribution in [0, 0.1) is 5.92 Å². The number of hydrogen-bond acceptors (Lipinski definition) is 5. The lowest BCUT2D eigenvalue weighted by atomic mass is 10.0. The molecule has 2 amide bonds. The summed E-state index contributed by atoms with van der Waals surface area (Å²) in [5.74, 6) is -0.824. The van der Waals surface area contributed by atoms with Gasteiger partial charge in [0.05, 0.1) is 11.3 Å². The highest BCUT2D eigenvalue weighted by atomic mass is 35.5. The monoisotopic (exact) mass is 443 g/mol. The van der Waals surface area contributed by atoms with Crippen LogP contribution < -0.4 is 15.6 Å². The van der Waals surface area contributed by atoms with Gasteiger partial charge in [-0.1, -0.05) is 25.4 Å². The number of carbonyl (C=O) groups excluding carboxylic acids is 2. The van der Waals surface area contributed by atoms with E-state index in [9.17, 15) is 18.0 Å². The molecule has 1 aromatic heterocycles. The lowest BCUT2D eigenvalue weighted by Gasteiger charge is -2.20. The normalized spacial score (nSPS) is 12.6. The molecule has 0 fully saturated rings. The average molecular weight is 444 g/mol. The molecule has 0 bridgehead atoms. The van der Waals surface area contributed by atoms with Crippen LogP contribution in [-0.4, -0.2) is 26.3 Å². The van der Waals surface area contributed by atoms with Gasteiger partial charge in [-0.3, -0.25) is 15.0 Å². The molecule has 0 saturated heterocycles. The second kappa shape index (κ2) is 10.0. The van der Waals surface area contributed by atoms with Crippen LogP contribution in [0.2, 0.25) is 5.02 Å². The van der Waals surface area contributed by atoms with Crippen molar-refractivity contribution in [2.45, 2.75) is 37.6 Å². The zero-order chi connectivity index (χ0) is 20.7. The summed E-state index contributed by atoms with van der Waals surface area (Å²) < 4.78 is 24.5. The molecule has 1 heterocycles. The molecule has 0 saturated carbocycles. The van der Waals surface area contributed by atoms with Crippen LogP contribution in [0.4, 0.5) is 0 Å². The molecular formula is C18H22ClN3O4S2. The highest BCUT2D eigenvalue weighted by Gasteiger charge is 2.24. The number of amides is 2. The first-order valence-corrected chi connectivity index (χ1v) is 11.4. The lowest BCUT2D eigenvalue weighted by molar-refractivity contribution is -0.129. The van der Waals surface area contributed by atoms with Gasteiger partial charge in [-0.25, -0.2) is 8.42 Å². The van der Waals surface area contributed by atoms with E-state index in [0.717, 1.165) is 5.56 Å². The minimum Gasteiger partial charge on any atom is -0.344 e. The molecular weight excluding hydrogens is 422 g/mol. The number of rotatable bonds is 9. The third-order valence-corrected chi connectivity index (χ3v) is 5.98. The van der Waals surface area contributed by atoms with E-state index >= 15 is 0 Å². The Balaban J connectivity index is 1.99. The molecule has 10 heteroatoms. The van der Waals surface area contributed by atoms with Crippen molar-refractivity contribution in [2.24, 2.45) is 5.92 Å². The summed E-state index contributed by atoms with van der Waals surface area (Å²) in [7, 11) is -3.96. The van der Waals surface area contributed by atoms with Gasteiger partial charge in [0.2, 0.25) is 5.91 Å². The minimum absolute atomic E-state index is 0.0425. The summed E-state index contributed by atoms with van der Waals surface area (Å²) in [6.45, 7) is 3.81. The molecule has 0 unspecified atom stereocenters. The number of thiophene rings is 1. The summed E-state index contributed by atoms with van der Waals surface area (Å²) in [6, 6.07) is 6.49. The van der Waals surface area contributed by atoms with Crippen LogP contribution in [0.5, 0.6) is 0 Å². The van der Waals surface area contributed by atoms with E-state index in [1.54, 1.807) is 0 Å². The quantitative estimate of drug-likeness (QED) is 0.518. The maximum atomic E-state index is 12.5. The van der Waals surface area contributed by atoms with Crippen LogP contribution in [0.15, 0.2) is 46.0 Å². The molecule has 0 aliphatic heterocycles. The van der Waals surface area contributed by atoms with Gasteiger partial charge >= 0.3 is 0 Å². The molecule has 7 nitrogen and oxygen atoms in total. The second-order valence-electron chi connectivity index (χ2n) is 6.61. The van der Waals surface area contributed by atoms with Gasteiger partial charge in [0.15, 0.2) is 0 Å². The number of halogens is 1. The number of hydrazine groups is 1. The molecule has 1 atom stereocenters. The smallest absolute Gasteiger partial charge is 0.257 e. The first kappa shape index (κ1) is 22.4. The Hall–Kier alpha value is -1.94. The van der Waals surface area contributed by atoms with E-state index < -0.39 is 22.0 Å². The number of nitrogens with one attached hydrogen (secondary N) is 3. The van der Waals surface area contributed by atoms with Crippen LogP contribution in [0.1, 0.15) is 25.8 Å². The van der Waals surface area contributed by atoms with Crippen molar-refractivity contribution in [3.63, 3.8) is 0 Å². The summed E-state index contributed by atoms with van der Waals surface area (Å²) in [5, 5.41) is 6.79. The van der Waals surface area contributed by atoms with E-state index in [-0.39, 0.29) is 23.1 Å². The Morgan fingerprint density at radius 2 is 1.82 bits per heavy atom. The first-order valence-electron chi connectivity index (χ1n) is 8.55. The highest BCUT2D eigenvalue weighted by molar-refractivity contribution is 7.89. The molecule has 0 spiro atoms. The van der Waals surface area contributed by atoms with Crippen molar-refractivity contribution >= 4 is 44.8 Å². The highest BCUT2D eigenvalue weighted by Crippen LogP contribution is 2.13. The zero-order valence-electron chi connectivity index (χ0n) is 15.4. The van der Waals surface area contributed by atoms with Crippen molar-refractivity contribution < 1.29 is 18.0 Å². The predicted octanol–water partition coefficient (Wildman–Crippen LogP) is 2.48. The second-order valence-corrected chi connectivity index (χ2v) is 9.51. The van der Waals surface area contributed by atoms with Crippen LogP contribution >= 0.6 is 22.9 Å². The third-order valence-electron chi connectivity index (χ3n) is 3.74. The van der Waals surface area contributed by atoms with Crippen molar-refractivity contribution in [3.8, 4) is 0 Å². The molecule has 1 aromatic carbocycles. The van der Waals surface area contributed by atoms with Crippen molar-refractivity contribution in [3.05, 3.63) is 51.7 Å². The van der Waals surface area contributed by atoms with E-state index in [4.69, 9.17) is 11.6 Å². The number of sulfonamides is 1. The maximum Gasteiger partial charge on any atom is 0.257 e. The Labute approximate surface area is 173 Å². The van der Waals surface area contributed by atoms with Gasteiger partial charge in [0.25, 0.3) is 15.9 Å². The predicted molar refractivity (Wildman–Crippen MR) is 109 cm³/mol. The third kappa shape index (κ3) is 6.90. The fraction of sp³-hybridized carbons (Fsp3) is 0.333. The Bertz CT molecular complexity index is 897. The Kier molecular flexibility index (Phi) is 7.99. The van der Waals surface area contributed by atoms with Crippen LogP contribution in [-0.2, 0) is 26.0 Å². The number of benzene rings is 1. The molecule has 0 radical (unpaired) electrons. The summed E-state index contributed by atoms with van der Waals surface area (Å²) >= 11 is 7.24. The molecule has 2 rings (SSSR count). The fourth-order valence-electron chi connectivity index (χ4n) is 2.40. The topological polar surface area (TPSA) is 104 Å². The van der Waals surface area contributed by atoms with Gasteiger partial charge in [0, 0.05) is 5.02 Å². The van der Waals surface area contributed by atoms with Crippen LogP contribution in [0.3, 0.4) is 0 Å². The fourth-order valence-corrected chi connectivity index (χ4v) is 4.05. The van der Waals surface area contributed by atoms with Crippen LogP contribution in [0.25, 0.3) is 0 Å². The Morgan fingerprint density at radius 1 is 1.14 bits per heavy atom. The van der Waals surface area contributed by atoms with Crippen molar-refractivity contribution in [2.75, 3.05) is 0 Å². The molecule has 152 valence electrons. The van der Waals surface area contributed by atoms with Gasteiger partial charge in [-0.15, -0.1) is 4.83 Å². The minimum atomic E-state index is -3.96. The SMILES string of the molecule is CC(C)C[C@H](NC(=O)Cc1ccsc1)C(=O)NNS(=O)(=O)c1ccc(Cl)cc1. The maximum absolute atomic E-state index is 12.5. The van der Waals surface area contributed by atoms with Gasteiger partial charge in [-0.2, -0.15) is 11.3 Å². The van der Waals surface area contributed by atoms with Gasteiger partial charge in [0.1, 0.15) is 6.04 Å². The zero-order valence-corrected chi connectivity index (χ0v) is 17.8. The summed E-state index contributed by atoms with van der Waals surface area (Å²) in [6.07, 6.45) is 0.520. The van der Waals surface area contributed by atoms with Crippen molar-refractivity contribution in [1.29, 1.82) is 0 Å². The first-order chi connectivity index (χ1) is 13.2. The molecule has 0 aliphatic carbocycles. The number of carbonyl (C=O) groups is 2. The number of hydrogen-bond donors (Lipinski definition) is 3. The van der Waals surface area contributed by atoms with Crippen molar-refractivity contribution in [1.82, 2.24) is 15.6 Å². The van der Waals surface area contributed by atoms with E-state index in [1.807, 2.05) is 35.5 Å². The molecule has 2 aromatic rings. The van der Waals surface area contributed by atoms with E-state index in [1.165, 1.54) is 35.6 Å². The Morgan fingerprint density at radius 3 is 2.39 bits per heavy atom. The molecule has 0 aliphatic rings. The summed E-state index contributed by atoms with van der Waals surface area (Å²) in [5.41, 5.74) is 3.04. The van der Waals surface area contributed by atoms with Gasteiger partial charge in [-0.05, 0) is 59.0 Å². The summed E-state index contributed by atoms with van der Waals surface area (Å²) in [4.78, 5) is 26.7. The van der Waals surface area contributed by atoms with E-state index in [2.05, 4.69) is 10.7 Å². The standard InChI is InChI=1S/C18H22ClN3O4S2/c1-12(2)9-16(20-17(23)10-13-7-8-27-11-13)18(24)21-22-28(25,26)15-5-3-14(19)4-6-15/h3-8,11-12,16,22H,9-10H2,1-2H3,(H,20,23)(H,21,24)/t16-/m0/s1. The lowest BCUT2D eigenvalue weighted by Crippen LogP contribution is -2.52. The molecule has 3 N–H and O–H groups in total.